The Balaban J connectivity index is 1.87. The zero-order valence-corrected chi connectivity index (χ0v) is 12.3. The minimum absolute atomic E-state index is 0.0491. The van der Waals surface area contributed by atoms with Crippen LogP contribution in [0.3, 0.4) is 0 Å². The third-order valence-electron chi connectivity index (χ3n) is 3.64. The van der Waals surface area contributed by atoms with E-state index in [0.29, 0.717) is 17.4 Å². The molecule has 6 heteroatoms. The average molecular weight is 293 g/mol. The van der Waals surface area contributed by atoms with E-state index in [1.165, 1.54) is 6.42 Å². The van der Waals surface area contributed by atoms with Crippen LogP contribution < -0.4 is 15.8 Å². The second kappa shape index (κ2) is 7.85. The number of rotatable bonds is 7. The van der Waals surface area contributed by atoms with Crippen molar-refractivity contribution in [3.8, 4) is 5.75 Å². The normalized spacial score (nSPS) is 18.9. The molecule has 21 heavy (non-hydrogen) atoms. The highest BCUT2D eigenvalue weighted by molar-refractivity contribution is 5.99. The summed E-state index contributed by atoms with van der Waals surface area (Å²) in [6, 6.07) is 5.66. The van der Waals surface area contributed by atoms with Crippen LogP contribution in [0.25, 0.3) is 0 Å². The topological polar surface area (TPSA) is 89.1 Å². The highest BCUT2D eigenvalue weighted by atomic mass is 16.5. The molecule has 0 saturated carbocycles. The third kappa shape index (κ3) is 4.34. The number of nitrogens with two attached hydrogens (primary N) is 1. The molecule has 1 atom stereocenters. The molecule has 1 aromatic carbocycles. The van der Waals surface area contributed by atoms with Gasteiger partial charge in [-0.2, -0.15) is 0 Å². The van der Waals surface area contributed by atoms with Crippen LogP contribution in [0.1, 0.15) is 30.4 Å². The number of nitrogens with zero attached hydrogens (tertiary/aromatic N) is 1. The summed E-state index contributed by atoms with van der Waals surface area (Å²) in [4.78, 5) is 0. The molecular weight excluding hydrogens is 270 g/mol. The Morgan fingerprint density at radius 3 is 3.10 bits per heavy atom. The highest BCUT2D eigenvalue weighted by Crippen LogP contribution is 2.20. The molecule has 2 rings (SSSR count). The minimum atomic E-state index is 0.0491. The first kappa shape index (κ1) is 15.6. The van der Waals surface area contributed by atoms with Crippen molar-refractivity contribution in [2.24, 2.45) is 10.9 Å². The van der Waals surface area contributed by atoms with Crippen molar-refractivity contribution in [2.75, 3.05) is 20.3 Å². The lowest BCUT2D eigenvalue weighted by molar-refractivity contribution is 0.104. The summed E-state index contributed by atoms with van der Waals surface area (Å²) in [5.41, 5.74) is 7.32. The van der Waals surface area contributed by atoms with Gasteiger partial charge in [0.25, 0.3) is 0 Å². The molecule has 0 aromatic heterocycles. The number of oxime groups is 1. The highest BCUT2D eigenvalue weighted by Gasteiger charge is 2.14. The molecular formula is C15H23N3O3. The number of hydrogen-bond donors (Lipinski definition) is 3. The number of amidine groups is 1. The van der Waals surface area contributed by atoms with Gasteiger partial charge < -0.3 is 25.7 Å². The summed E-state index contributed by atoms with van der Waals surface area (Å²) in [5.74, 6) is 0.640. The zero-order chi connectivity index (χ0) is 15.1. The van der Waals surface area contributed by atoms with Gasteiger partial charge in [-0.05, 0) is 43.5 Å². The Morgan fingerprint density at radius 1 is 1.57 bits per heavy atom. The third-order valence-corrected chi connectivity index (χ3v) is 3.64. The van der Waals surface area contributed by atoms with Gasteiger partial charge in [-0.1, -0.05) is 11.2 Å². The Bertz CT molecular complexity index is 485. The fourth-order valence-electron chi connectivity index (χ4n) is 2.49. The molecule has 1 aliphatic heterocycles. The second-order valence-corrected chi connectivity index (χ2v) is 5.12. The summed E-state index contributed by atoms with van der Waals surface area (Å²) >= 11 is 0. The fourth-order valence-corrected chi connectivity index (χ4v) is 2.49. The summed E-state index contributed by atoms with van der Waals surface area (Å²) in [6.07, 6.45) is 3.77. The maximum atomic E-state index is 8.81. The Labute approximate surface area is 124 Å². The predicted octanol–water partition coefficient (Wildman–Crippen LogP) is 1.45. The maximum absolute atomic E-state index is 8.81. The largest absolute Gasteiger partial charge is 0.496 e. The predicted molar refractivity (Wildman–Crippen MR) is 80.8 cm³/mol. The molecule has 0 bridgehead atoms. The van der Waals surface area contributed by atoms with Crippen molar-refractivity contribution in [1.82, 2.24) is 5.32 Å². The first-order valence-corrected chi connectivity index (χ1v) is 7.21. The van der Waals surface area contributed by atoms with E-state index in [2.05, 4.69) is 10.5 Å². The van der Waals surface area contributed by atoms with E-state index >= 15 is 0 Å². The fraction of sp³-hybridized carbons (Fsp3) is 0.533. The number of benzene rings is 1. The standard InChI is InChI=1S/C15H23N3O3/c1-20-14-5-4-11(9-13(14)15(16)18-19)10-17-7-6-12-3-2-8-21-12/h4-5,9,12,17,19H,2-3,6-8,10H2,1H3,(H2,16,18). The lowest BCUT2D eigenvalue weighted by Gasteiger charge is -2.12. The molecule has 116 valence electrons. The van der Waals surface area contributed by atoms with Gasteiger partial charge in [0.2, 0.25) is 0 Å². The van der Waals surface area contributed by atoms with Crippen LogP contribution in [0, 0.1) is 0 Å². The first-order chi connectivity index (χ1) is 10.2. The van der Waals surface area contributed by atoms with Gasteiger partial charge in [0.1, 0.15) is 5.75 Å². The van der Waals surface area contributed by atoms with Crippen LogP contribution in [0.4, 0.5) is 0 Å². The Hall–Kier alpha value is -1.79. The molecule has 6 nitrogen and oxygen atoms in total. The van der Waals surface area contributed by atoms with E-state index in [-0.39, 0.29) is 5.84 Å². The second-order valence-electron chi connectivity index (χ2n) is 5.12. The molecule has 1 fully saturated rings. The summed E-state index contributed by atoms with van der Waals surface area (Å²) < 4.78 is 10.8. The number of methoxy groups -OCH3 is 1. The van der Waals surface area contributed by atoms with Crippen LogP contribution in [0.15, 0.2) is 23.4 Å². The van der Waals surface area contributed by atoms with E-state index in [0.717, 1.165) is 38.1 Å². The molecule has 0 aliphatic carbocycles. The van der Waals surface area contributed by atoms with Gasteiger partial charge in [-0.25, -0.2) is 0 Å². The lowest BCUT2D eigenvalue weighted by atomic mass is 10.1. The van der Waals surface area contributed by atoms with Crippen molar-refractivity contribution < 1.29 is 14.7 Å². The smallest absolute Gasteiger partial charge is 0.173 e. The zero-order valence-electron chi connectivity index (χ0n) is 12.3. The van der Waals surface area contributed by atoms with Crippen LogP contribution in [-0.2, 0) is 11.3 Å². The number of ether oxygens (including phenoxy) is 2. The molecule has 1 unspecified atom stereocenters. The van der Waals surface area contributed by atoms with E-state index in [4.69, 9.17) is 20.4 Å². The minimum Gasteiger partial charge on any atom is -0.496 e. The molecule has 4 N–H and O–H groups in total. The Kier molecular flexibility index (Phi) is 5.83. The van der Waals surface area contributed by atoms with Gasteiger partial charge >= 0.3 is 0 Å². The summed E-state index contributed by atoms with van der Waals surface area (Å²) in [6.45, 7) is 2.53. The number of hydrogen-bond acceptors (Lipinski definition) is 5. The maximum Gasteiger partial charge on any atom is 0.173 e. The lowest BCUT2D eigenvalue weighted by Crippen LogP contribution is -2.20. The molecule has 0 amide bonds. The number of nitrogens with one attached hydrogen (secondary N) is 1. The molecule has 1 saturated heterocycles. The quantitative estimate of drug-likeness (QED) is 0.233. The SMILES string of the molecule is COc1ccc(CNCCC2CCCO2)cc1C(N)=NO. The Morgan fingerprint density at radius 2 is 2.43 bits per heavy atom. The van der Waals surface area contributed by atoms with Crippen LogP contribution in [0.5, 0.6) is 5.75 Å². The summed E-state index contributed by atoms with van der Waals surface area (Å²) in [5, 5.41) is 15.2. The van der Waals surface area contributed by atoms with Gasteiger partial charge in [0.05, 0.1) is 18.8 Å². The molecule has 1 aliphatic rings. The molecule has 0 spiro atoms. The van der Waals surface area contributed by atoms with E-state index in [9.17, 15) is 0 Å². The van der Waals surface area contributed by atoms with Crippen LogP contribution >= 0.6 is 0 Å². The van der Waals surface area contributed by atoms with E-state index < -0.39 is 0 Å². The summed E-state index contributed by atoms with van der Waals surface area (Å²) in [7, 11) is 1.56. The molecule has 1 heterocycles. The van der Waals surface area contributed by atoms with Crippen molar-refractivity contribution >= 4 is 5.84 Å². The molecule has 0 radical (unpaired) electrons. The average Bonchev–Trinajstić information content (AvgIpc) is 3.04. The van der Waals surface area contributed by atoms with Crippen molar-refractivity contribution in [2.45, 2.75) is 31.9 Å². The van der Waals surface area contributed by atoms with Crippen molar-refractivity contribution in [3.63, 3.8) is 0 Å². The van der Waals surface area contributed by atoms with Gasteiger partial charge in [-0.3, -0.25) is 0 Å². The first-order valence-electron chi connectivity index (χ1n) is 7.21. The van der Waals surface area contributed by atoms with Crippen molar-refractivity contribution in [3.05, 3.63) is 29.3 Å². The van der Waals surface area contributed by atoms with Gasteiger partial charge in [0, 0.05) is 13.2 Å². The van der Waals surface area contributed by atoms with Crippen molar-refractivity contribution in [1.29, 1.82) is 0 Å². The van der Waals surface area contributed by atoms with Gasteiger partial charge in [-0.15, -0.1) is 0 Å². The monoisotopic (exact) mass is 293 g/mol. The molecule has 1 aromatic rings. The van der Waals surface area contributed by atoms with Crippen LogP contribution in [0.2, 0.25) is 0 Å². The van der Waals surface area contributed by atoms with E-state index in [1.807, 2.05) is 18.2 Å². The van der Waals surface area contributed by atoms with E-state index in [1.54, 1.807) is 7.11 Å². The van der Waals surface area contributed by atoms with Crippen LogP contribution in [-0.4, -0.2) is 37.4 Å². The van der Waals surface area contributed by atoms with Gasteiger partial charge in [0.15, 0.2) is 5.84 Å².